The Labute approximate surface area is 122 Å². The van der Waals surface area contributed by atoms with E-state index in [0.717, 1.165) is 10.9 Å². The fourth-order valence-electron chi connectivity index (χ4n) is 2.20. The highest BCUT2D eigenvalue weighted by atomic mass is 16.5. The molecule has 2 heterocycles. The minimum atomic E-state index is -0.197. The van der Waals surface area contributed by atoms with Crippen LogP contribution in [0, 0.1) is 0 Å². The molecule has 3 rings (SSSR count). The number of carbonyl (C=O) groups is 1. The maximum Gasteiger partial charge on any atom is 0.257 e. The number of carbonyl (C=O) groups excluding carboxylic acids is 1. The van der Waals surface area contributed by atoms with Gasteiger partial charge in [-0.25, -0.2) is 4.98 Å². The summed E-state index contributed by atoms with van der Waals surface area (Å²) in [5.41, 5.74) is 1.97. The van der Waals surface area contributed by atoms with Crippen LogP contribution in [-0.2, 0) is 0 Å². The van der Waals surface area contributed by atoms with E-state index in [0.29, 0.717) is 23.7 Å². The number of ether oxygens (including phenoxy) is 1. The van der Waals surface area contributed by atoms with Crippen molar-refractivity contribution >= 4 is 22.5 Å². The number of aromatic nitrogens is 2. The quantitative estimate of drug-likeness (QED) is 0.771. The number of nitrogens with one attached hydrogen (secondary N) is 2. The molecule has 5 heteroatoms. The first-order chi connectivity index (χ1) is 10.3. The molecule has 0 saturated heterocycles. The van der Waals surface area contributed by atoms with Crippen LogP contribution in [0.5, 0.6) is 5.88 Å². The molecule has 106 valence electrons. The van der Waals surface area contributed by atoms with Crippen LogP contribution < -0.4 is 10.1 Å². The maximum absolute atomic E-state index is 12.5. The molecule has 0 unspecified atom stereocenters. The molecule has 21 heavy (non-hydrogen) atoms. The summed E-state index contributed by atoms with van der Waals surface area (Å²) in [6.07, 6.45) is 3.45. The molecule has 0 fully saturated rings. The third-order valence-electron chi connectivity index (χ3n) is 3.13. The highest BCUT2D eigenvalue weighted by molar-refractivity contribution is 6.12. The van der Waals surface area contributed by atoms with Gasteiger partial charge < -0.3 is 15.0 Å². The van der Waals surface area contributed by atoms with Gasteiger partial charge in [-0.3, -0.25) is 4.79 Å². The molecule has 2 N–H and O–H groups in total. The molecule has 3 aromatic rings. The van der Waals surface area contributed by atoms with Crippen molar-refractivity contribution in [2.24, 2.45) is 0 Å². The Bertz CT molecular complexity index is 780. The summed E-state index contributed by atoms with van der Waals surface area (Å²) in [7, 11) is 0. The van der Waals surface area contributed by atoms with E-state index in [1.54, 1.807) is 24.4 Å². The van der Waals surface area contributed by atoms with Crippen molar-refractivity contribution in [3.8, 4) is 5.88 Å². The number of hydrogen-bond acceptors (Lipinski definition) is 3. The van der Waals surface area contributed by atoms with Crippen LogP contribution in [0.25, 0.3) is 10.9 Å². The van der Waals surface area contributed by atoms with Gasteiger partial charge in [0.25, 0.3) is 5.91 Å². The Morgan fingerprint density at radius 3 is 3.05 bits per heavy atom. The second-order valence-corrected chi connectivity index (χ2v) is 4.49. The van der Waals surface area contributed by atoms with E-state index in [1.165, 1.54) is 0 Å². The second-order valence-electron chi connectivity index (χ2n) is 4.49. The predicted octanol–water partition coefficient (Wildman–Crippen LogP) is 3.21. The van der Waals surface area contributed by atoms with Crippen molar-refractivity contribution in [2.45, 2.75) is 6.92 Å². The Morgan fingerprint density at radius 1 is 1.29 bits per heavy atom. The first-order valence-corrected chi connectivity index (χ1v) is 6.75. The molecule has 2 aromatic heterocycles. The molecule has 1 amide bonds. The van der Waals surface area contributed by atoms with E-state index in [2.05, 4.69) is 15.3 Å². The smallest absolute Gasteiger partial charge is 0.257 e. The number of anilines is 1. The standard InChI is InChI=1S/C16H15N3O2/c1-2-21-16-13(7-4-9-18-16)19-15(20)12-6-3-5-11-8-10-17-14(11)12/h3-10,17H,2H2,1H3,(H,19,20). The summed E-state index contributed by atoms with van der Waals surface area (Å²) in [4.78, 5) is 19.7. The highest BCUT2D eigenvalue weighted by Crippen LogP contribution is 2.23. The summed E-state index contributed by atoms with van der Waals surface area (Å²) in [6, 6.07) is 11.1. The number of nitrogens with zero attached hydrogens (tertiary/aromatic N) is 1. The van der Waals surface area contributed by atoms with Crippen molar-refractivity contribution in [3.63, 3.8) is 0 Å². The van der Waals surface area contributed by atoms with E-state index in [9.17, 15) is 4.79 Å². The number of amides is 1. The van der Waals surface area contributed by atoms with Gasteiger partial charge in [-0.15, -0.1) is 0 Å². The molecule has 0 spiro atoms. The van der Waals surface area contributed by atoms with Gasteiger partial charge in [-0.1, -0.05) is 12.1 Å². The summed E-state index contributed by atoms with van der Waals surface area (Å²) >= 11 is 0. The lowest BCUT2D eigenvalue weighted by atomic mass is 10.1. The SMILES string of the molecule is CCOc1ncccc1NC(=O)c1cccc2cc[nH]c12. The molecule has 5 nitrogen and oxygen atoms in total. The molecule has 0 aliphatic rings. The van der Waals surface area contributed by atoms with Crippen LogP contribution >= 0.6 is 0 Å². The fourth-order valence-corrected chi connectivity index (χ4v) is 2.20. The monoisotopic (exact) mass is 281 g/mol. The van der Waals surface area contributed by atoms with E-state index < -0.39 is 0 Å². The summed E-state index contributed by atoms with van der Waals surface area (Å²) in [6.45, 7) is 2.37. The average Bonchev–Trinajstić information content (AvgIpc) is 2.97. The Hall–Kier alpha value is -2.82. The van der Waals surface area contributed by atoms with Crippen molar-refractivity contribution < 1.29 is 9.53 Å². The lowest BCUT2D eigenvalue weighted by molar-refractivity contribution is 0.102. The minimum absolute atomic E-state index is 0.197. The number of rotatable bonds is 4. The molecule has 0 aliphatic carbocycles. The van der Waals surface area contributed by atoms with Crippen LogP contribution in [0.1, 0.15) is 17.3 Å². The largest absolute Gasteiger partial charge is 0.476 e. The van der Waals surface area contributed by atoms with Crippen molar-refractivity contribution in [1.82, 2.24) is 9.97 Å². The zero-order chi connectivity index (χ0) is 14.7. The summed E-state index contributed by atoms with van der Waals surface area (Å²) in [5, 5.41) is 3.85. The second kappa shape index (κ2) is 5.66. The fraction of sp³-hybridized carbons (Fsp3) is 0.125. The normalized spacial score (nSPS) is 10.5. The molecule has 0 bridgehead atoms. The molecule has 0 radical (unpaired) electrons. The van der Waals surface area contributed by atoms with Gasteiger partial charge in [0, 0.05) is 17.8 Å². The van der Waals surface area contributed by atoms with E-state index in [1.807, 2.05) is 31.3 Å². The Morgan fingerprint density at radius 2 is 2.19 bits per heavy atom. The topological polar surface area (TPSA) is 67.0 Å². The van der Waals surface area contributed by atoms with Gasteiger partial charge in [0.1, 0.15) is 5.69 Å². The van der Waals surface area contributed by atoms with Gasteiger partial charge in [-0.05, 0) is 31.2 Å². The van der Waals surface area contributed by atoms with E-state index in [4.69, 9.17) is 4.74 Å². The minimum Gasteiger partial charge on any atom is -0.476 e. The van der Waals surface area contributed by atoms with E-state index >= 15 is 0 Å². The lowest BCUT2D eigenvalue weighted by Crippen LogP contribution is -2.14. The third kappa shape index (κ3) is 2.58. The molecule has 1 aromatic carbocycles. The maximum atomic E-state index is 12.5. The number of hydrogen-bond donors (Lipinski definition) is 2. The van der Waals surface area contributed by atoms with Crippen LogP contribution in [0.4, 0.5) is 5.69 Å². The molecule has 0 aliphatic heterocycles. The highest BCUT2D eigenvalue weighted by Gasteiger charge is 2.13. The van der Waals surface area contributed by atoms with E-state index in [-0.39, 0.29) is 5.91 Å². The number of pyridine rings is 1. The number of H-pyrrole nitrogens is 1. The number of benzene rings is 1. The predicted molar refractivity (Wildman–Crippen MR) is 81.7 cm³/mol. The van der Waals surface area contributed by atoms with Gasteiger partial charge in [0.05, 0.1) is 17.7 Å². The van der Waals surface area contributed by atoms with Crippen LogP contribution in [-0.4, -0.2) is 22.5 Å². The molecular formula is C16H15N3O2. The number of fused-ring (bicyclic) bond motifs is 1. The number of para-hydroxylation sites is 1. The first-order valence-electron chi connectivity index (χ1n) is 6.75. The molecule has 0 atom stereocenters. The van der Waals surface area contributed by atoms with Gasteiger partial charge in [-0.2, -0.15) is 0 Å². The average molecular weight is 281 g/mol. The zero-order valence-electron chi connectivity index (χ0n) is 11.6. The molecular weight excluding hydrogens is 266 g/mol. The number of aromatic amines is 1. The van der Waals surface area contributed by atoms with Crippen molar-refractivity contribution in [2.75, 3.05) is 11.9 Å². The Balaban J connectivity index is 1.92. The summed E-state index contributed by atoms with van der Waals surface area (Å²) in [5.74, 6) is 0.226. The molecule has 0 saturated carbocycles. The van der Waals surface area contributed by atoms with Gasteiger partial charge >= 0.3 is 0 Å². The zero-order valence-corrected chi connectivity index (χ0v) is 11.6. The van der Waals surface area contributed by atoms with Crippen LogP contribution in [0.2, 0.25) is 0 Å². The first kappa shape index (κ1) is 13.2. The third-order valence-corrected chi connectivity index (χ3v) is 3.13. The van der Waals surface area contributed by atoms with Crippen LogP contribution in [0.3, 0.4) is 0 Å². The summed E-state index contributed by atoms with van der Waals surface area (Å²) < 4.78 is 5.41. The van der Waals surface area contributed by atoms with Crippen molar-refractivity contribution in [3.05, 3.63) is 54.4 Å². The van der Waals surface area contributed by atoms with Crippen LogP contribution in [0.15, 0.2) is 48.8 Å². The van der Waals surface area contributed by atoms with Crippen molar-refractivity contribution in [1.29, 1.82) is 0 Å². The lowest BCUT2D eigenvalue weighted by Gasteiger charge is -2.10. The van der Waals surface area contributed by atoms with Gasteiger partial charge in [0.15, 0.2) is 0 Å². The Kier molecular flexibility index (Phi) is 3.55. The van der Waals surface area contributed by atoms with Gasteiger partial charge in [0.2, 0.25) is 5.88 Å².